The van der Waals surface area contributed by atoms with Crippen molar-refractivity contribution < 1.29 is 14.3 Å². The molecular formula is C16H20N2O3. The first-order chi connectivity index (χ1) is 10.3. The van der Waals surface area contributed by atoms with Crippen molar-refractivity contribution in [3.05, 3.63) is 34.9 Å². The molecule has 3 heterocycles. The van der Waals surface area contributed by atoms with Crippen molar-refractivity contribution in [3.8, 4) is 0 Å². The first-order valence-corrected chi connectivity index (χ1v) is 7.67. The minimum Gasteiger partial charge on any atom is -0.462 e. The van der Waals surface area contributed by atoms with E-state index in [0.29, 0.717) is 18.2 Å². The van der Waals surface area contributed by atoms with Gasteiger partial charge in [0.25, 0.3) is 0 Å². The van der Waals surface area contributed by atoms with E-state index in [1.54, 1.807) is 0 Å². The highest BCUT2D eigenvalue weighted by atomic mass is 16.5. The highest BCUT2D eigenvalue weighted by molar-refractivity contribution is 5.92. The quantitative estimate of drug-likeness (QED) is 0.773. The minimum absolute atomic E-state index is 0.114. The van der Waals surface area contributed by atoms with Gasteiger partial charge in [-0.3, -0.25) is 4.90 Å². The second kappa shape index (κ2) is 5.40. The molecule has 0 radical (unpaired) electrons. The Balaban J connectivity index is 1.55. The maximum Gasteiger partial charge on any atom is 0.338 e. The Kier molecular flexibility index (Phi) is 3.41. The zero-order valence-electron chi connectivity index (χ0n) is 12.0. The number of piperazine rings is 1. The molecule has 1 aromatic carbocycles. The summed E-state index contributed by atoms with van der Waals surface area (Å²) in [4.78, 5) is 14.2. The smallest absolute Gasteiger partial charge is 0.338 e. The van der Waals surface area contributed by atoms with Gasteiger partial charge in [-0.25, -0.2) is 4.79 Å². The van der Waals surface area contributed by atoms with Gasteiger partial charge in [0.15, 0.2) is 0 Å². The molecular weight excluding hydrogens is 268 g/mol. The molecule has 5 nitrogen and oxygen atoms in total. The molecule has 0 bridgehead atoms. The van der Waals surface area contributed by atoms with Crippen LogP contribution in [0, 0.1) is 0 Å². The lowest BCUT2D eigenvalue weighted by Crippen LogP contribution is -2.57. The lowest BCUT2D eigenvalue weighted by atomic mass is 9.96. The van der Waals surface area contributed by atoms with E-state index in [0.717, 1.165) is 44.8 Å². The first kappa shape index (κ1) is 13.2. The van der Waals surface area contributed by atoms with Crippen LogP contribution in [-0.4, -0.2) is 56.3 Å². The van der Waals surface area contributed by atoms with E-state index in [1.165, 1.54) is 5.56 Å². The van der Waals surface area contributed by atoms with Crippen molar-refractivity contribution in [2.75, 3.05) is 39.4 Å². The second-order valence-electron chi connectivity index (χ2n) is 5.98. The second-order valence-corrected chi connectivity index (χ2v) is 5.98. The Morgan fingerprint density at radius 1 is 1.33 bits per heavy atom. The standard InChI is InChI=1S/C16H20N2O3/c19-16-14-2-1-12(7-11(14)3-6-20-16)15-9-18-5-4-17-8-13(18)10-21-15/h1-2,7,13,15,17H,3-6,8-10H2/t13-,15?/m1/s1. The van der Waals surface area contributed by atoms with Crippen LogP contribution >= 0.6 is 0 Å². The van der Waals surface area contributed by atoms with Crippen molar-refractivity contribution in [3.63, 3.8) is 0 Å². The lowest BCUT2D eigenvalue weighted by molar-refractivity contribution is -0.0718. The summed E-state index contributed by atoms with van der Waals surface area (Å²) in [6, 6.07) is 6.53. The number of carbonyl (C=O) groups excluding carboxylic acids is 1. The van der Waals surface area contributed by atoms with Gasteiger partial charge in [-0.1, -0.05) is 12.1 Å². The Labute approximate surface area is 124 Å². The Bertz CT molecular complexity index is 560. The molecule has 0 amide bonds. The van der Waals surface area contributed by atoms with Crippen LogP contribution in [0.2, 0.25) is 0 Å². The normalized spacial score (nSPS) is 29.4. The third-order valence-electron chi connectivity index (χ3n) is 4.69. The molecule has 2 atom stereocenters. The van der Waals surface area contributed by atoms with Gasteiger partial charge >= 0.3 is 5.97 Å². The van der Waals surface area contributed by atoms with E-state index in [1.807, 2.05) is 12.1 Å². The number of nitrogens with one attached hydrogen (secondary N) is 1. The van der Waals surface area contributed by atoms with Crippen molar-refractivity contribution in [1.82, 2.24) is 10.2 Å². The van der Waals surface area contributed by atoms with Gasteiger partial charge in [0, 0.05) is 38.6 Å². The van der Waals surface area contributed by atoms with Gasteiger partial charge in [-0.05, 0) is 17.2 Å². The summed E-state index contributed by atoms with van der Waals surface area (Å²) in [6.45, 7) is 5.36. The maximum absolute atomic E-state index is 11.7. The summed E-state index contributed by atoms with van der Waals surface area (Å²) < 4.78 is 11.1. The maximum atomic E-state index is 11.7. The number of hydrogen-bond acceptors (Lipinski definition) is 5. The number of morpholine rings is 1. The number of cyclic esters (lactones) is 1. The lowest BCUT2D eigenvalue weighted by Gasteiger charge is -2.42. The highest BCUT2D eigenvalue weighted by Gasteiger charge is 2.32. The minimum atomic E-state index is -0.200. The van der Waals surface area contributed by atoms with Crippen molar-refractivity contribution in [2.45, 2.75) is 18.6 Å². The first-order valence-electron chi connectivity index (χ1n) is 7.67. The van der Waals surface area contributed by atoms with Crippen LogP contribution in [0.1, 0.15) is 27.6 Å². The molecule has 4 rings (SSSR count). The van der Waals surface area contributed by atoms with E-state index >= 15 is 0 Å². The van der Waals surface area contributed by atoms with E-state index < -0.39 is 0 Å². The SMILES string of the molecule is O=C1OCCc2cc(C3CN4CCNC[C@@H]4CO3)ccc21. The van der Waals surface area contributed by atoms with Gasteiger partial charge in [-0.2, -0.15) is 0 Å². The van der Waals surface area contributed by atoms with Crippen LogP contribution in [0.25, 0.3) is 0 Å². The third kappa shape index (κ3) is 2.46. The number of nitrogens with zero attached hydrogens (tertiary/aromatic N) is 1. The molecule has 1 aromatic rings. The number of ether oxygens (including phenoxy) is 2. The third-order valence-corrected chi connectivity index (χ3v) is 4.69. The number of esters is 1. The van der Waals surface area contributed by atoms with Gasteiger partial charge in [0.2, 0.25) is 0 Å². The fourth-order valence-corrected chi connectivity index (χ4v) is 3.45. The number of rotatable bonds is 1. The van der Waals surface area contributed by atoms with Gasteiger partial charge in [-0.15, -0.1) is 0 Å². The van der Waals surface area contributed by atoms with Gasteiger partial charge < -0.3 is 14.8 Å². The van der Waals surface area contributed by atoms with Crippen molar-refractivity contribution >= 4 is 5.97 Å². The molecule has 0 saturated carbocycles. The van der Waals surface area contributed by atoms with Crippen molar-refractivity contribution in [2.24, 2.45) is 0 Å². The van der Waals surface area contributed by atoms with E-state index in [-0.39, 0.29) is 12.1 Å². The van der Waals surface area contributed by atoms with Crippen LogP contribution in [-0.2, 0) is 15.9 Å². The Morgan fingerprint density at radius 2 is 2.29 bits per heavy atom. The number of fused-ring (bicyclic) bond motifs is 2. The van der Waals surface area contributed by atoms with Crippen LogP contribution in [0.5, 0.6) is 0 Å². The zero-order chi connectivity index (χ0) is 14.2. The fourth-order valence-electron chi connectivity index (χ4n) is 3.45. The molecule has 21 heavy (non-hydrogen) atoms. The molecule has 1 N–H and O–H groups in total. The van der Waals surface area contributed by atoms with Gasteiger partial charge in [0.05, 0.1) is 24.9 Å². The molecule has 2 saturated heterocycles. The fraction of sp³-hybridized carbons (Fsp3) is 0.562. The number of carbonyl (C=O) groups is 1. The van der Waals surface area contributed by atoms with Crippen LogP contribution in [0.15, 0.2) is 18.2 Å². The van der Waals surface area contributed by atoms with Crippen LogP contribution in [0.3, 0.4) is 0 Å². The molecule has 0 aliphatic carbocycles. The van der Waals surface area contributed by atoms with E-state index in [9.17, 15) is 4.79 Å². The van der Waals surface area contributed by atoms with Crippen molar-refractivity contribution in [1.29, 1.82) is 0 Å². The van der Waals surface area contributed by atoms with Crippen LogP contribution in [0.4, 0.5) is 0 Å². The van der Waals surface area contributed by atoms with Crippen LogP contribution < -0.4 is 5.32 Å². The zero-order valence-corrected chi connectivity index (χ0v) is 12.0. The summed E-state index contributed by atoms with van der Waals surface area (Å²) in [5, 5.41) is 3.41. The molecule has 0 aromatic heterocycles. The largest absolute Gasteiger partial charge is 0.462 e. The molecule has 3 aliphatic rings. The van der Waals surface area contributed by atoms with Gasteiger partial charge in [0.1, 0.15) is 0 Å². The summed E-state index contributed by atoms with van der Waals surface area (Å²) in [6.07, 6.45) is 0.917. The highest BCUT2D eigenvalue weighted by Crippen LogP contribution is 2.28. The molecule has 5 heteroatoms. The molecule has 2 fully saturated rings. The molecule has 0 spiro atoms. The summed E-state index contributed by atoms with van der Waals surface area (Å²) in [5.74, 6) is -0.200. The predicted octanol–water partition coefficient (Wildman–Crippen LogP) is 0.745. The number of benzene rings is 1. The topological polar surface area (TPSA) is 50.8 Å². The molecule has 3 aliphatic heterocycles. The number of hydrogen-bond donors (Lipinski definition) is 1. The average molecular weight is 288 g/mol. The average Bonchev–Trinajstić information content (AvgIpc) is 2.54. The molecule has 112 valence electrons. The van der Waals surface area contributed by atoms with E-state index in [4.69, 9.17) is 9.47 Å². The summed E-state index contributed by atoms with van der Waals surface area (Å²) in [5.41, 5.74) is 2.98. The Morgan fingerprint density at radius 3 is 3.24 bits per heavy atom. The summed E-state index contributed by atoms with van der Waals surface area (Å²) >= 11 is 0. The predicted molar refractivity (Wildman–Crippen MR) is 77.4 cm³/mol. The Hall–Kier alpha value is -1.43. The van der Waals surface area contributed by atoms with E-state index in [2.05, 4.69) is 16.3 Å². The molecule has 1 unspecified atom stereocenters. The monoisotopic (exact) mass is 288 g/mol. The summed E-state index contributed by atoms with van der Waals surface area (Å²) in [7, 11) is 0.